The molecule has 1 heterocycles. The van der Waals surface area contributed by atoms with Crippen molar-refractivity contribution in [1.82, 2.24) is 0 Å². The van der Waals surface area contributed by atoms with Crippen molar-refractivity contribution in [3.8, 4) is 5.75 Å². The summed E-state index contributed by atoms with van der Waals surface area (Å²) in [6.45, 7) is 6.77. The molecule has 1 aromatic carbocycles. The molecule has 1 aromatic rings. The molecule has 0 aliphatic carbocycles. The number of ketones is 1. The largest absolute Gasteiger partial charge is 0.493 e. The number of hydrogen-bond donors (Lipinski definition) is 0. The standard InChI is InChI=1S/C16H22O2/c1-16(2,3)15(17)6-4-5-12-7-8-14-13(11-12)9-10-18-14/h7-8,11H,4-6,9-10H2,1-3H3. The van der Waals surface area contributed by atoms with Gasteiger partial charge in [0.25, 0.3) is 0 Å². The van der Waals surface area contributed by atoms with E-state index >= 15 is 0 Å². The minimum Gasteiger partial charge on any atom is -0.493 e. The molecule has 1 aliphatic rings. The first-order valence-corrected chi connectivity index (χ1v) is 6.75. The van der Waals surface area contributed by atoms with Crippen molar-refractivity contribution in [1.29, 1.82) is 0 Å². The van der Waals surface area contributed by atoms with Gasteiger partial charge in [0, 0.05) is 18.3 Å². The Morgan fingerprint density at radius 1 is 1.33 bits per heavy atom. The molecule has 0 saturated heterocycles. The Bertz CT molecular complexity index is 441. The molecule has 18 heavy (non-hydrogen) atoms. The molecule has 0 N–H and O–H groups in total. The van der Waals surface area contributed by atoms with Crippen LogP contribution in [0.25, 0.3) is 0 Å². The Balaban J connectivity index is 1.86. The van der Waals surface area contributed by atoms with Crippen LogP contribution in [0.4, 0.5) is 0 Å². The van der Waals surface area contributed by atoms with Crippen molar-refractivity contribution in [3.05, 3.63) is 29.3 Å². The van der Waals surface area contributed by atoms with Crippen LogP contribution in [-0.4, -0.2) is 12.4 Å². The summed E-state index contributed by atoms with van der Waals surface area (Å²) >= 11 is 0. The van der Waals surface area contributed by atoms with Crippen molar-refractivity contribution in [2.75, 3.05) is 6.61 Å². The molecule has 0 fully saturated rings. The second-order valence-corrected chi connectivity index (χ2v) is 6.07. The average molecular weight is 246 g/mol. The number of carbonyl (C=O) groups excluding carboxylic acids is 1. The summed E-state index contributed by atoms with van der Waals surface area (Å²) in [4.78, 5) is 11.8. The van der Waals surface area contributed by atoms with Gasteiger partial charge in [0.2, 0.25) is 0 Å². The lowest BCUT2D eigenvalue weighted by Gasteiger charge is -2.16. The van der Waals surface area contributed by atoms with E-state index in [4.69, 9.17) is 4.74 Å². The van der Waals surface area contributed by atoms with E-state index in [0.717, 1.165) is 31.6 Å². The Kier molecular flexibility index (Phi) is 3.74. The molecule has 2 nitrogen and oxygen atoms in total. The third-order valence-corrected chi connectivity index (χ3v) is 3.46. The molecule has 0 radical (unpaired) electrons. The molecule has 0 aromatic heterocycles. The molecule has 0 bridgehead atoms. The van der Waals surface area contributed by atoms with Crippen LogP contribution >= 0.6 is 0 Å². The van der Waals surface area contributed by atoms with E-state index in [9.17, 15) is 4.79 Å². The zero-order valence-corrected chi connectivity index (χ0v) is 11.6. The zero-order valence-electron chi connectivity index (χ0n) is 11.6. The Labute approximate surface area is 109 Å². The molecule has 2 heteroatoms. The first-order chi connectivity index (χ1) is 8.47. The van der Waals surface area contributed by atoms with Gasteiger partial charge >= 0.3 is 0 Å². The summed E-state index contributed by atoms with van der Waals surface area (Å²) < 4.78 is 5.49. The van der Waals surface area contributed by atoms with E-state index in [2.05, 4.69) is 18.2 Å². The quantitative estimate of drug-likeness (QED) is 0.812. The smallest absolute Gasteiger partial charge is 0.138 e. The molecule has 0 saturated carbocycles. The van der Waals surface area contributed by atoms with Crippen LogP contribution in [0.5, 0.6) is 5.75 Å². The third kappa shape index (κ3) is 3.12. The van der Waals surface area contributed by atoms with Gasteiger partial charge in [-0.05, 0) is 30.0 Å². The topological polar surface area (TPSA) is 26.3 Å². The van der Waals surface area contributed by atoms with Gasteiger partial charge in [-0.1, -0.05) is 32.9 Å². The summed E-state index contributed by atoms with van der Waals surface area (Å²) in [5, 5.41) is 0. The van der Waals surface area contributed by atoms with Gasteiger partial charge < -0.3 is 4.74 Å². The molecule has 2 rings (SSSR count). The minimum atomic E-state index is -0.203. The van der Waals surface area contributed by atoms with E-state index in [1.165, 1.54) is 11.1 Å². The van der Waals surface area contributed by atoms with Crippen LogP contribution in [0.3, 0.4) is 0 Å². The summed E-state index contributed by atoms with van der Waals surface area (Å²) in [6.07, 6.45) is 3.62. The Hall–Kier alpha value is -1.31. The second kappa shape index (κ2) is 5.13. The van der Waals surface area contributed by atoms with Gasteiger partial charge in [-0.2, -0.15) is 0 Å². The first kappa shape index (κ1) is 13.1. The van der Waals surface area contributed by atoms with Gasteiger partial charge in [0.1, 0.15) is 11.5 Å². The van der Waals surface area contributed by atoms with Crippen LogP contribution in [-0.2, 0) is 17.6 Å². The van der Waals surface area contributed by atoms with Gasteiger partial charge in [0.15, 0.2) is 0 Å². The van der Waals surface area contributed by atoms with E-state index in [1.807, 2.05) is 20.8 Å². The maximum atomic E-state index is 11.8. The third-order valence-electron chi connectivity index (χ3n) is 3.46. The monoisotopic (exact) mass is 246 g/mol. The van der Waals surface area contributed by atoms with Gasteiger partial charge in [-0.25, -0.2) is 0 Å². The number of benzene rings is 1. The Morgan fingerprint density at radius 3 is 2.83 bits per heavy atom. The molecule has 0 spiro atoms. The number of ether oxygens (including phenoxy) is 1. The summed E-state index contributed by atoms with van der Waals surface area (Å²) in [5.41, 5.74) is 2.43. The van der Waals surface area contributed by atoms with Gasteiger partial charge in [0.05, 0.1) is 6.61 Å². The van der Waals surface area contributed by atoms with Crippen LogP contribution in [0.15, 0.2) is 18.2 Å². The first-order valence-electron chi connectivity index (χ1n) is 6.75. The normalized spacial score (nSPS) is 14.2. The van der Waals surface area contributed by atoms with Gasteiger partial charge in [-0.3, -0.25) is 4.79 Å². The van der Waals surface area contributed by atoms with E-state index in [0.29, 0.717) is 12.2 Å². The molecule has 98 valence electrons. The maximum absolute atomic E-state index is 11.8. The fourth-order valence-corrected chi connectivity index (χ4v) is 2.22. The summed E-state index contributed by atoms with van der Waals surface area (Å²) in [6, 6.07) is 6.40. The van der Waals surface area contributed by atoms with Crippen molar-refractivity contribution in [3.63, 3.8) is 0 Å². The highest BCUT2D eigenvalue weighted by Gasteiger charge is 2.20. The number of Topliss-reactive ketones (excluding diaryl/α,β-unsaturated/α-hetero) is 1. The second-order valence-electron chi connectivity index (χ2n) is 6.07. The average Bonchev–Trinajstić information content (AvgIpc) is 2.74. The molecule has 0 atom stereocenters. The van der Waals surface area contributed by atoms with E-state index in [1.54, 1.807) is 0 Å². The fourth-order valence-electron chi connectivity index (χ4n) is 2.22. The fraction of sp³-hybridized carbons (Fsp3) is 0.562. The lowest BCUT2D eigenvalue weighted by Crippen LogP contribution is -2.19. The van der Waals surface area contributed by atoms with Crippen LogP contribution in [0.2, 0.25) is 0 Å². The number of aryl methyl sites for hydroxylation is 1. The maximum Gasteiger partial charge on any atom is 0.138 e. The number of rotatable bonds is 4. The highest BCUT2D eigenvalue weighted by atomic mass is 16.5. The van der Waals surface area contributed by atoms with Crippen molar-refractivity contribution in [2.45, 2.75) is 46.5 Å². The van der Waals surface area contributed by atoms with Crippen molar-refractivity contribution < 1.29 is 9.53 Å². The minimum absolute atomic E-state index is 0.203. The number of hydrogen-bond acceptors (Lipinski definition) is 2. The molecule has 1 aliphatic heterocycles. The highest BCUT2D eigenvalue weighted by molar-refractivity contribution is 5.83. The van der Waals surface area contributed by atoms with Gasteiger partial charge in [-0.15, -0.1) is 0 Å². The van der Waals surface area contributed by atoms with Crippen LogP contribution in [0.1, 0.15) is 44.7 Å². The van der Waals surface area contributed by atoms with E-state index in [-0.39, 0.29) is 5.41 Å². The van der Waals surface area contributed by atoms with Crippen LogP contribution < -0.4 is 4.74 Å². The van der Waals surface area contributed by atoms with E-state index < -0.39 is 0 Å². The SMILES string of the molecule is CC(C)(C)C(=O)CCCc1ccc2c(c1)CCO2. The van der Waals surface area contributed by atoms with Crippen LogP contribution in [0, 0.1) is 5.41 Å². The lowest BCUT2D eigenvalue weighted by molar-refractivity contribution is -0.126. The molecule has 0 unspecified atom stereocenters. The zero-order chi connectivity index (χ0) is 13.2. The lowest BCUT2D eigenvalue weighted by atomic mass is 9.87. The molecular formula is C16H22O2. The number of fused-ring (bicyclic) bond motifs is 1. The Morgan fingerprint density at radius 2 is 2.11 bits per heavy atom. The van der Waals surface area contributed by atoms with Crippen molar-refractivity contribution in [2.24, 2.45) is 5.41 Å². The predicted octanol–water partition coefficient (Wildman–Crippen LogP) is 3.56. The summed E-state index contributed by atoms with van der Waals surface area (Å²) in [7, 11) is 0. The molecular weight excluding hydrogens is 224 g/mol. The van der Waals surface area contributed by atoms with Crippen molar-refractivity contribution >= 4 is 5.78 Å². The predicted molar refractivity (Wildman–Crippen MR) is 73.0 cm³/mol. The number of carbonyl (C=O) groups is 1. The summed E-state index contributed by atoms with van der Waals surface area (Å²) in [5.74, 6) is 1.39. The highest BCUT2D eigenvalue weighted by Crippen LogP contribution is 2.26. The molecule has 0 amide bonds.